The Kier molecular flexibility index (Phi) is 5.21. The summed E-state index contributed by atoms with van der Waals surface area (Å²) < 4.78 is 5.59. The number of rotatable bonds is 7. The van der Waals surface area contributed by atoms with E-state index in [-0.39, 0.29) is 0 Å². The molecule has 20 heavy (non-hydrogen) atoms. The first-order valence-corrected chi connectivity index (χ1v) is 7.39. The quantitative estimate of drug-likeness (QED) is 0.837. The molecule has 0 spiro atoms. The molecular weight excluding hydrogens is 248 g/mol. The molecule has 0 bridgehead atoms. The fourth-order valence-electron chi connectivity index (χ4n) is 2.66. The van der Waals surface area contributed by atoms with Crippen LogP contribution in [0.25, 0.3) is 11.0 Å². The Morgan fingerprint density at radius 3 is 2.65 bits per heavy atom. The molecule has 3 heteroatoms. The van der Waals surface area contributed by atoms with Gasteiger partial charge in [0.2, 0.25) is 0 Å². The highest BCUT2D eigenvalue weighted by atomic mass is 16.3. The average Bonchev–Trinajstić information content (AvgIpc) is 2.78. The van der Waals surface area contributed by atoms with E-state index in [9.17, 15) is 0 Å². The van der Waals surface area contributed by atoms with Gasteiger partial charge in [-0.05, 0) is 32.5 Å². The molecule has 3 nitrogen and oxygen atoms in total. The molecule has 2 aromatic rings. The molecule has 1 atom stereocenters. The van der Waals surface area contributed by atoms with Gasteiger partial charge in [0.05, 0.1) is 6.26 Å². The average molecular weight is 274 g/mol. The molecule has 1 unspecified atom stereocenters. The highest BCUT2D eigenvalue weighted by Gasteiger charge is 2.13. The Hall–Kier alpha value is -1.32. The second-order valence-electron chi connectivity index (χ2n) is 6.23. The summed E-state index contributed by atoms with van der Waals surface area (Å²) in [5, 5.41) is 4.89. The molecule has 1 aromatic heterocycles. The predicted molar refractivity (Wildman–Crippen MR) is 84.9 cm³/mol. The second-order valence-corrected chi connectivity index (χ2v) is 6.23. The number of benzene rings is 1. The standard InChI is InChI=1S/C17H26N2O/c1-13(2)9-15(11-19(3)4)18-10-14-12-20-17-8-6-5-7-16(14)17/h5-8,12-13,15,18H,9-11H2,1-4H3. The van der Waals surface area contributed by atoms with E-state index in [2.05, 4.69) is 50.3 Å². The third-order valence-electron chi connectivity index (χ3n) is 3.48. The maximum atomic E-state index is 5.59. The van der Waals surface area contributed by atoms with Crippen LogP contribution in [0.15, 0.2) is 34.9 Å². The molecular formula is C17H26N2O. The van der Waals surface area contributed by atoms with E-state index in [1.54, 1.807) is 0 Å². The molecule has 0 saturated carbocycles. The van der Waals surface area contributed by atoms with E-state index < -0.39 is 0 Å². The summed E-state index contributed by atoms with van der Waals surface area (Å²) in [6, 6.07) is 8.73. The Morgan fingerprint density at radius 2 is 1.95 bits per heavy atom. The molecule has 2 rings (SSSR count). The zero-order valence-electron chi connectivity index (χ0n) is 13.0. The fourth-order valence-corrected chi connectivity index (χ4v) is 2.66. The lowest BCUT2D eigenvalue weighted by atomic mass is 10.0. The van der Waals surface area contributed by atoms with E-state index in [1.165, 1.54) is 17.4 Å². The van der Waals surface area contributed by atoms with Crippen LogP contribution in [0.1, 0.15) is 25.8 Å². The molecule has 0 amide bonds. The van der Waals surface area contributed by atoms with Crippen LogP contribution < -0.4 is 5.32 Å². The number of nitrogens with zero attached hydrogens (tertiary/aromatic N) is 1. The Labute approximate surface area is 122 Å². The number of furan rings is 1. The first-order chi connectivity index (χ1) is 9.56. The van der Waals surface area contributed by atoms with E-state index >= 15 is 0 Å². The van der Waals surface area contributed by atoms with Gasteiger partial charge in [-0.25, -0.2) is 0 Å². The topological polar surface area (TPSA) is 28.4 Å². The van der Waals surface area contributed by atoms with Crippen molar-refractivity contribution < 1.29 is 4.42 Å². The molecule has 0 aliphatic rings. The minimum atomic E-state index is 0.513. The van der Waals surface area contributed by atoms with Crippen LogP contribution in [0, 0.1) is 5.92 Å². The van der Waals surface area contributed by atoms with E-state index in [0.717, 1.165) is 18.7 Å². The maximum Gasteiger partial charge on any atom is 0.134 e. The molecule has 1 aromatic carbocycles. The molecule has 0 fully saturated rings. The summed E-state index contributed by atoms with van der Waals surface area (Å²) in [5.41, 5.74) is 2.21. The third kappa shape index (κ3) is 4.09. The van der Waals surface area contributed by atoms with Gasteiger partial charge in [0.1, 0.15) is 5.58 Å². The van der Waals surface area contributed by atoms with Gasteiger partial charge >= 0.3 is 0 Å². The Morgan fingerprint density at radius 1 is 1.20 bits per heavy atom. The lowest BCUT2D eigenvalue weighted by Gasteiger charge is -2.24. The van der Waals surface area contributed by atoms with Crippen LogP contribution in [-0.4, -0.2) is 31.6 Å². The van der Waals surface area contributed by atoms with Crippen molar-refractivity contribution in [1.29, 1.82) is 0 Å². The number of nitrogens with one attached hydrogen (secondary N) is 1. The van der Waals surface area contributed by atoms with Gasteiger partial charge < -0.3 is 14.6 Å². The normalized spacial score (nSPS) is 13.5. The van der Waals surface area contributed by atoms with Gasteiger partial charge in [0, 0.05) is 30.1 Å². The number of para-hydroxylation sites is 1. The SMILES string of the molecule is CC(C)CC(CN(C)C)NCc1coc2ccccc12. The number of hydrogen-bond acceptors (Lipinski definition) is 3. The highest BCUT2D eigenvalue weighted by Crippen LogP contribution is 2.20. The van der Waals surface area contributed by atoms with Crippen molar-refractivity contribution in [2.75, 3.05) is 20.6 Å². The van der Waals surface area contributed by atoms with Gasteiger partial charge in [-0.3, -0.25) is 0 Å². The van der Waals surface area contributed by atoms with E-state index in [0.29, 0.717) is 12.0 Å². The summed E-state index contributed by atoms with van der Waals surface area (Å²) in [4.78, 5) is 2.24. The highest BCUT2D eigenvalue weighted by molar-refractivity contribution is 5.80. The molecule has 110 valence electrons. The summed E-state index contributed by atoms with van der Waals surface area (Å²) in [6.45, 7) is 6.48. The van der Waals surface area contributed by atoms with Gasteiger partial charge in [-0.1, -0.05) is 32.0 Å². The van der Waals surface area contributed by atoms with Crippen LogP contribution in [0.3, 0.4) is 0 Å². The van der Waals surface area contributed by atoms with Crippen LogP contribution >= 0.6 is 0 Å². The molecule has 0 aliphatic heterocycles. The summed E-state index contributed by atoms with van der Waals surface area (Å²) in [6.07, 6.45) is 3.06. The van der Waals surface area contributed by atoms with Crippen molar-refractivity contribution in [2.45, 2.75) is 32.9 Å². The van der Waals surface area contributed by atoms with Gasteiger partial charge in [0.15, 0.2) is 0 Å². The first-order valence-electron chi connectivity index (χ1n) is 7.39. The summed E-state index contributed by atoms with van der Waals surface area (Å²) in [5.74, 6) is 0.702. The maximum absolute atomic E-state index is 5.59. The van der Waals surface area contributed by atoms with Gasteiger partial charge in [-0.15, -0.1) is 0 Å². The first kappa shape index (κ1) is 15.1. The van der Waals surface area contributed by atoms with E-state index in [1.807, 2.05) is 18.4 Å². The lowest BCUT2D eigenvalue weighted by Crippen LogP contribution is -2.38. The van der Waals surface area contributed by atoms with Gasteiger partial charge in [0.25, 0.3) is 0 Å². The van der Waals surface area contributed by atoms with Crippen LogP contribution in [0.2, 0.25) is 0 Å². The third-order valence-corrected chi connectivity index (χ3v) is 3.48. The van der Waals surface area contributed by atoms with Crippen molar-refractivity contribution in [3.63, 3.8) is 0 Å². The minimum Gasteiger partial charge on any atom is -0.464 e. The number of likely N-dealkylation sites (N-methyl/N-ethyl adjacent to an activating group) is 1. The molecule has 0 aliphatic carbocycles. The smallest absolute Gasteiger partial charge is 0.134 e. The van der Waals surface area contributed by atoms with Crippen molar-refractivity contribution in [3.05, 3.63) is 36.1 Å². The fraction of sp³-hybridized carbons (Fsp3) is 0.529. The lowest BCUT2D eigenvalue weighted by molar-refractivity contribution is 0.305. The molecule has 0 saturated heterocycles. The van der Waals surface area contributed by atoms with Gasteiger partial charge in [-0.2, -0.15) is 0 Å². The van der Waals surface area contributed by atoms with Crippen molar-refractivity contribution in [1.82, 2.24) is 10.2 Å². The largest absolute Gasteiger partial charge is 0.464 e. The Bertz CT molecular complexity index is 521. The number of fused-ring (bicyclic) bond motifs is 1. The van der Waals surface area contributed by atoms with Crippen molar-refractivity contribution >= 4 is 11.0 Å². The summed E-state index contributed by atoms with van der Waals surface area (Å²) in [7, 11) is 4.25. The Balaban J connectivity index is 2.01. The number of hydrogen-bond donors (Lipinski definition) is 1. The van der Waals surface area contributed by atoms with Crippen LogP contribution in [0.5, 0.6) is 0 Å². The summed E-state index contributed by atoms with van der Waals surface area (Å²) >= 11 is 0. The van der Waals surface area contributed by atoms with E-state index in [4.69, 9.17) is 4.42 Å². The zero-order chi connectivity index (χ0) is 14.5. The predicted octanol–water partition coefficient (Wildman–Crippen LogP) is 3.50. The van der Waals surface area contributed by atoms with Crippen LogP contribution in [-0.2, 0) is 6.54 Å². The second kappa shape index (κ2) is 6.91. The monoisotopic (exact) mass is 274 g/mol. The van der Waals surface area contributed by atoms with Crippen LogP contribution in [0.4, 0.5) is 0 Å². The molecule has 1 heterocycles. The zero-order valence-corrected chi connectivity index (χ0v) is 13.0. The molecule has 1 N–H and O–H groups in total. The minimum absolute atomic E-state index is 0.513. The van der Waals surface area contributed by atoms with Crippen molar-refractivity contribution in [3.8, 4) is 0 Å². The van der Waals surface area contributed by atoms with Crippen molar-refractivity contribution in [2.24, 2.45) is 5.92 Å². The molecule has 0 radical (unpaired) electrons.